The second-order valence-electron chi connectivity index (χ2n) is 7.06. The zero-order chi connectivity index (χ0) is 18.9. The Hall–Kier alpha value is -1.68. The zero-order valence-corrected chi connectivity index (χ0v) is 16.1. The molecule has 3 aliphatic rings. The molecule has 148 valence electrons. The van der Waals surface area contributed by atoms with Gasteiger partial charge in [-0.1, -0.05) is 18.2 Å². The number of nitrogens with zero attached hydrogens (tertiary/aromatic N) is 3. The second kappa shape index (κ2) is 7.75. The van der Waals surface area contributed by atoms with Crippen LogP contribution in [0.2, 0.25) is 0 Å². The van der Waals surface area contributed by atoms with Gasteiger partial charge in [0.15, 0.2) is 0 Å². The summed E-state index contributed by atoms with van der Waals surface area (Å²) in [7, 11) is -3.48. The lowest BCUT2D eigenvalue weighted by Crippen LogP contribution is -2.56. The minimum absolute atomic E-state index is 0.0490. The molecule has 2 saturated heterocycles. The van der Waals surface area contributed by atoms with Crippen molar-refractivity contribution in [3.8, 4) is 5.75 Å². The summed E-state index contributed by atoms with van der Waals surface area (Å²) in [6.07, 6.45) is 0.668. The maximum absolute atomic E-state index is 12.9. The monoisotopic (exact) mass is 395 g/mol. The molecular weight excluding hydrogens is 370 g/mol. The quantitative estimate of drug-likeness (QED) is 0.718. The van der Waals surface area contributed by atoms with Crippen molar-refractivity contribution >= 4 is 16.1 Å². The topological polar surface area (TPSA) is 79.4 Å². The van der Waals surface area contributed by atoms with E-state index in [1.54, 1.807) is 4.90 Å². The molecule has 1 atom stereocenters. The minimum atomic E-state index is -3.48. The lowest BCUT2D eigenvalue weighted by Gasteiger charge is -2.39. The summed E-state index contributed by atoms with van der Waals surface area (Å²) < 4.78 is 39.4. The SMILES string of the molecule is O=C(C1COc2ccccc2C1)N1CCN(S(=O)(=O)N2CCOCC2)CC1. The Morgan fingerprint density at radius 1 is 0.963 bits per heavy atom. The summed E-state index contributed by atoms with van der Waals surface area (Å²) in [5.41, 5.74) is 1.05. The fourth-order valence-electron chi connectivity index (χ4n) is 3.82. The minimum Gasteiger partial charge on any atom is -0.492 e. The number of ether oxygens (including phenoxy) is 2. The van der Waals surface area contributed by atoms with E-state index in [1.807, 2.05) is 24.3 Å². The molecule has 4 rings (SSSR count). The fourth-order valence-corrected chi connectivity index (χ4v) is 5.39. The first kappa shape index (κ1) is 18.7. The summed E-state index contributed by atoms with van der Waals surface area (Å²) >= 11 is 0. The summed E-state index contributed by atoms with van der Waals surface area (Å²) in [6, 6.07) is 7.78. The van der Waals surface area contributed by atoms with Crippen LogP contribution >= 0.6 is 0 Å². The number of carbonyl (C=O) groups excluding carboxylic acids is 1. The second-order valence-corrected chi connectivity index (χ2v) is 8.99. The van der Waals surface area contributed by atoms with Gasteiger partial charge in [-0.15, -0.1) is 0 Å². The molecule has 1 aromatic rings. The van der Waals surface area contributed by atoms with Crippen LogP contribution in [0.4, 0.5) is 0 Å². The van der Waals surface area contributed by atoms with Crippen LogP contribution in [-0.2, 0) is 26.2 Å². The van der Waals surface area contributed by atoms with E-state index in [2.05, 4.69) is 0 Å². The Morgan fingerprint density at radius 2 is 1.63 bits per heavy atom. The van der Waals surface area contributed by atoms with Crippen molar-refractivity contribution in [1.29, 1.82) is 0 Å². The van der Waals surface area contributed by atoms with E-state index >= 15 is 0 Å². The van der Waals surface area contributed by atoms with Gasteiger partial charge in [-0.2, -0.15) is 17.0 Å². The highest BCUT2D eigenvalue weighted by atomic mass is 32.2. The third-order valence-electron chi connectivity index (χ3n) is 5.40. The van der Waals surface area contributed by atoms with Gasteiger partial charge < -0.3 is 14.4 Å². The largest absolute Gasteiger partial charge is 0.492 e. The Bertz CT molecular complexity index is 786. The molecule has 2 fully saturated rings. The van der Waals surface area contributed by atoms with Crippen molar-refractivity contribution in [3.05, 3.63) is 29.8 Å². The van der Waals surface area contributed by atoms with Gasteiger partial charge in [0, 0.05) is 39.3 Å². The number of hydrogen-bond acceptors (Lipinski definition) is 5. The molecule has 9 heteroatoms. The molecule has 1 unspecified atom stereocenters. The third kappa shape index (κ3) is 3.82. The maximum atomic E-state index is 12.9. The smallest absolute Gasteiger partial charge is 0.282 e. The number of rotatable bonds is 3. The lowest BCUT2D eigenvalue weighted by molar-refractivity contribution is -0.138. The Morgan fingerprint density at radius 3 is 2.37 bits per heavy atom. The van der Waals surface area contributed by atoms with Crippen molar-refractivity contribution in [1.82, 2.24) is 13.5 Å². The summed E-state index contributed by atoms with van der Waals surface area (Å²) in [5.74, 6) is 0.693. The first-order valence-electron chi connectivity index (χ1n) is 9.38. The van der Waals surface area contributed by atoms with Crippen LogP contribution in [0.1, 0.15) is 5.56 Å². The first-order valence-corrected chi connectivity index (χ1v) is 10.8. The van der Waals surface area contributed by atoms with E-state index in [9.17, 15) is 13.2 Å². The average Bonchev–Trinajstić information content (AvgIpc) is 2.73. The maximum Gasteiger partial charge on any atom is 0.282 e. The molecule has 0 N–H and O–H groups in total. The number of piperazine rings is 1. The van der Waals surface area contributed by atoms with Crippen molar-refractivity contribution in [2.24, 2.45) is 5.92 Å². The predicted octanol–water partition coefficient (Wildman–Crippen LogP) is -0.0411. The van der Waals surface area contributed by atoms with Crippen LogP contribution < -0.4 is 4.74 Å². The molecule has 1 aromatic carbocycles. The van der Waals surface area contributed by atoms with Crippen LogP contribution in [0.5, 0.6) is 5.75 Å². The molecule has 0 aromatic heterocycles. The van der Waals surface area contributed by atoms with Gasteiger partial charge in [0.05, 0.1) is 19.1 Å². The number of amides is 1. The zero-order valence-electron chi connectivity index (χ0n) is 15.2. The van der Waals surface area contributed by atoms with Gasteiger partial charge in [0.25, 0.3) is 10.2 Å². The van der Waals surface area contributed by atoms with Crippen LogP contribution in [-0.4, -0.2) is 86.9 Å². The third-order valence-corrected chi connectivity index (χ3v) is 7.44. The fraction of sp³-hybridized carbons (Fsp3) is 0.611. The molecule has 0 spiro atoms. The number of benzene rings is 1. The first-order chi connectivity index (χ1) is 13.1. The molecule has 0 radical (unpaired) electrons. The molecule has 0 saturated carbocycles. The molecule has 8 nitrogen and oxygen atoms in total. The number of hydrogen-bond donors (Lipinski definition) is 0. The van der Waals surface area contributed by atoms with E-state index in [0.29, 0.717) is 65.5 Å². The molecule has 0 aliphatic carbocycles. The predicted molar refractivity (Wildman–Crippen MR) is 98.6 cm³/mol. The molecule has 27 heavy (non-hydrogen) atoms. The van der Waals surface area contributed by atoms with Gasteiger partial charge in [0.2, 0.25) is 5.91 Å². The lowest BCUT2D eigenvalue weighted by atomic mass is 9.95. The average molecular weight is 395 g/mol. The highest BCUT2D eigenvalue weighted by Crippen LogP contribution is 2.28. The number of carbonyl (C=O) groups is 1. The molecular formula is C18H25N3O5S. The highest BCUT2D eigenvalue weighted by Gasteiger charge is 2.36. The van der Waals surface area contributed by atoms with Crippen LogP contribution in [0.15, 0.2) is 24.3 Å². The van der Waals surface area contributed by atoms with Gasteiger partial charge in [-0.25, -0.2) is 0 Å². The number of para-hydroxylation sites is 1. The van der Waals surface area contributed by atoms with Gasteiger partial charge in [-0.05, 0) is 18.1 Å². The van der Waals surface area contributed by atoms with Crippen LogP contribution in [0.25, 0.3) is 0 Å². The van der Waals surface area contributed by atoms with E-state index in [4.69, 9.17) is 9.47 Å². The number of fused-ring (bicyclic) bond motifs is 1. The van der Waals surface area contributed by atoms with Gasteiger partial charge in [0.1, 0.15) is 12.4 Å². The Kier molecular flexibility index (Phi) is 5.36. The van der Waals surface area contributed by atoms with E-state index < -0.39 is 10.2 Å². The van der Waals surface area contributed by atoms with Crippen molar-refractivity contribution in [2.75, 3.05) is 59.1 Å². The molecule has 3 aliphatic heterocycles. The van der Waals surface area contributed by atoms with Crippen molar-refractivity contribution < 1.29 is 22.7 Å². The number of morpholine rings is 1. The van der Waals surface area contributed by atoms with E-state index in [1.165, 1.54) is 8.61 Å². The normalized spacial score (nSPS) is 24.9. The van der Waals surface area contributed by atoms with Crippen molar-refractivity contribution in [2.45, 2.75) is 6.42 Å². The van der Waals surface area contributed by atoms with Crippen molar-refractivity contribution in [3.63, 3.8) is 0 Å². The standard InChI is InChI=1S/C18H25N3O5S/c22-18(16-13-15-3-1-2-4-17(15)26-14-16)19-5-7-20(8-6-19)27(23,24)21-9-11-25-12-10-21/h1-4,16H,5-14H2. The van der Waals surface area contributed by atoms with E-state index in [-0.39, 0.29) is 11.8 Å². The van der Waals surface area contributed by atoms with Crippen LogP contribution in [0, 0.1) is 5.92 Å². The van der Waals surface area contributed by atoms with Gasteiger partial charge >= 0.3 is 0 Å². The molecule has 1 amide bonds. The Labute approximate surface area is 159 Å². The summed E-state index contributed by atoms with van der Waals surface area (Å²) in [5, 5.41) is 0. The summed E-state index contributed by atoms with van der Waals surface area (Å²) in [6.45, 7) is 3.51. The van der Waals surface area contributed by atoms with Gasteiger partial charge in [-0.3, -0.25) is 4.79 Å². The Balaban J connectivity index is 1.34. The molecule has 0 bridgehead atoms. The van der Waals surface area contributed by atoms with Crippen LogP contribution in [0.3, 0.4) is 0 Å². The molecule has 3 heterocycles. The van der Waals surface area contributed by atoms with E-state index in [0.717, 1.165) is 11.3 Å². The summed E-state index contributed by atoms with van der Waals surface area (Å²) in [4.78, 5) is 14.6. The highest BCUT2D eigenvalue weighted by molar-refractivity contribution is 7.86.